The zero-order valence-corrected chi connectivity index (χ0v) is 18.0. The van der Waals surface area contributed by atoms with Gasteiger partial charge in [0.05, 0.1) is 19.7 Å². The third-order valence-electron chi connectivity index (χ3n) is 4.45. The van der Waals surface area contributed by atoms with Crippen molar-refractivity contribution in [3.8, 4) is 11.5 Å². The molecule has 0 spiro atoms. The summed E-state index contributed by atoms with van der Waals surface area (Å²) in [6.45, 7) is -0.0180. The van der Waals surface area contributed by atoms with Gasteiger partial charge in [-0.1, -0.05) is 18.2 Å². The second-order valence-corrected chi connectivity index (χ2v) is 7.00. The fourth-order valence-electron chi connectivity index (χ4n) is 3.08. The van der Waals surface area contributed by atoms with Gasteiger partial charge in [0.25, 0.3) is 0 Å². The lowest BCUT2D eigenvalue weighted by Gasteiger charge is -2.15. The number of aliphatic imine (C=N–C) groups is 1. The molecule has 1 atom stereocenters. The molecule has 0 fully saturated rings. The zero-order valence-electron chi connectivity index (χ0n) is 16.4. The maximum atomic E-state index is 12.8. The summed E-state index contributed by atoms with van der Waals surface area (Å²) in [5, 5.41) is 0.890. The van der Waals surface area contributed by atoms with Crippen LogP contribution < -0.4 is 9.47 Å². The number of aromatic nitrogens is 1. The highest BCUT2D eigenvalue weighted by atomic mass is 79.9. The second-order valence-electron chi connectivity index (χ2n) is 6.21. The lowest BCUT2D eigenvalue weighted by molar-refractivity contribution is -0.127. The van der Waals surface area contributed by atoms with Crippen LogP contribution in [0.4, 0.5) is 0 Å². The van der Waals surface area contributed by atoms with E-state index >= 15 is 0 Å². The van der Waals surface area contributed by atoms with Crippen LogP contribution in [0.3, 0.4) is 0 Å². The molecule has 29 heavy (non-hydrogen) atoms. The van der Waals surface area contributed by atoms with Crippen molar-refractivity contribution in [2.24, 2.45) is 4.99 Å². The van der Waals surface area contributed by atoms with Crippen molar-refractivity contribution in [2.45, 2.75) is 6.10 Å². The number of ketones is 1. The number of Topliss-reactive ketones (excluding diaryl/α,β-unsaturated/α-hetero) is 1. The molecule has 150 valence electrons. The van der Waals surface area contributed by atoms with E-state index in [2.05, 4.69) is 25.9 Å². The van der Waals surface area contributed by atoms with Gasteiger partial charge >= 0.3 is 0 Å². The number of fused-ring (bicyclic) bond motifs is 1. The summed E-state index contributed by atoms with van der Waals surface area (Å²) in [4.78, 5) is 21.4. The van der Waals surface area contributed by atoms with Crippen LogP contribution in [0.15, 0.2) is 58.1 Å². The average Bonchev–Trinajstić information content (AvgIpc) is 2.75. The molecule has 7 heteroatoms. The first-order chi connectivity index (χ1) is 14.1. The highest BCUT2D eigenvalue weighted by Gasteiger charge is 2.21. The lowest BCUT2D eigenvalue weighted by Crippen LogP contribution is -2.17. The molecule has 0 aliphatic heterocycles. The Labute approximate surface area is 177 Å². The second kappa shape index (κ2) is 9.62. The van der Waals surface area contributed by atoms with E-state index < -0.39 is 6.10 Å². The van der Waals surface area contributed by atoms with Gasteiger partial charge in [-0.2, -0.15) is 0 Å². The molecule has 0 radical (unpaired) electrons. The number of nitrogens with zero attached hydrogens (tertiary/aromatic N) is 2. The first kappa shape index (κ1) is 21.0. The lowest BCUT2D eigenvalue weighted by atomic mass is 10.0. The number of halogens is 1. The molecule has 3 aromatic rings. The number of rotatable bonds is 8. The molecule has 0 aliphatic rings. The van der Waals surface area contributed by atoms with Gasteiger partial charge in [0.2, 0.25) is 0 Å². The third-order valence-corrected chi connectivity index (χ3v) is 5.23. The minimum absolute atomic E-state index is 0.0180. The quantitative estimate of drug-likeness (QED) is 0.470. The van der Waals surface area contributed by atoms with Crippen LogP contribution >= 0.6 is 15.9 Å². The van der Waals surface area contributed by atoms with Gasteiger partial charge in [-0.25, -0.2) is 0 Å². The zero-order chi connectivity index (χ0) is 20.8. The van der Waals surface area contributed by atoms with Gasteiger partial charge in [0.1, 0.15) is 28.6 Å². The van der Waals surface area contributed by atoms with E-state index in [1.54, 1.807) is 26.6 Å². The van der Waals surface area contributed by atoms with Crippen molar-refractivity contribution in [3.63, 3.8) is 0 Å². The summed E-state index contributed by atoms with van der Waals surface area (Å²) < 4.78 is 16.9. The summed E-state index contributed by atoms with van der Waals surface area (Å²) in [5.74, 6) is 1.10. The monoisotopic (exact) mass is 456 g/mol. The largest absolute Gasteiger partial charge is 0.495 e. The van der Waals surface area contributed by atoms with E-state index in [4.69, 9.17) is 14.2 Å². The summed E-state index contributed by atoms with van der Waals surface area (Å²) in [5.41, 5.74) is 2.36. The maximum absolute atomic E-state index is 12.8. The Bertz CT molecular complexity index is 1020. The summed E-state index contributed by atoms with van der Waals surface area (Å²) in [6.07, 6.45) is 2.63. The SMILES string of the molecule is COc1cc(C=NCC(=O)C(OC)c2cccc3ncccc23)cc(OC)c1Br. The summed E-state index contributed by atoms with van der Waals surface area (Å²) in [7, 11) is 4.67. The predicted molar refractivity (Wildman–Crippen MR) is 116 cm³/mol. The van der Waals surface area contributed by atoms with E-state index in [-0.39, 0.29) is 12.3 Å². The van der Waals surface area contributed by atoms with Crippen molar-refractivity contribution in [1.82, 2.24) is 4.98 Å². The number of ether oxygens (including phenoxy) is 3. The number of pyridine rings is 1. The summed E-state index contributed by atoms with van der Waals surface area (Å²) in [6, 6.07) is 13.0. The number of carbonyl (C=O) groups is 1. The molecule has 0 amide bonds. The van der Waals surface area contributed by atoms with Gasteiger partial charge in [0.15, 0.2) is 5.78 Å². The topological polar surface area (TPSA) is 70.0 Å². The third kappa shape index (κ3) is 4.63. The van der Waals surface area contributed by atoms with Crippen LogP contribution in [0.1, 0.15) is 17.2 Å². The van der Waals surface area contributed by atoms with Crippen molar-refractivity contribution in [1.29, 1.82) is 0 Å². The van der Waals surface area contributed by atoms with E-state index in [1.807, 2.05) is 42.5 Å². The molecule has 1 unspecified atom stereocenters. The van der Waals surface area contributed by atoms with Crippen molar-refractivity contribution < 1.29 is 19.0 Å². The molecule has 1 aromatic heterocycles. The van der Waals surface area contributed by atoms with E-state index in [0.29, 0.717) is 11.5 Å². The first-order valence-electron chi connectivity index (χ1n) is 8.89. The molecule has 0 N–H and O–H groups in total. The molecule has 1 heterocycles. The number of hydrogen-bond donors (Lipinski definition) is 0. The van der Waals surface area contributed by atoms with E-state index in [9.17, 15) is 4.79 Å². The van der Waals surface area contributed by atoms with Crippen molar-refractivity contribution >= 4 is 38.8 Å². The van der Waals surface area contributed by atoms with Crippen LogP contribution in [0.2, 0.25) is 0 Å². The molecule has 2 aromatic carbocycles. The van der Waals surface area contributed by atoms with E-state index in [1.165, 1.54) is 7.11 Å². The standard InChI is InChI=1S/C22H21BrN2O4/c1-27-19-10-14(11-20(28-2)21(19)23)12-24-13-18(26)22(29-3)16-6-4-8-17-15(16)7-5-9-25-17/h4-12,22H,13H2,1-3H3. The molecule has 0 saturated carbocycles. The number of methoxy groups -OCH3 is 3. The molecule has 0 bridgehead atoms. The molecule has 0 aliphatic carbocycles. The highest BCUT2D eigenvalue weighted by molar-refractivity contribution is 9.10. The Balaban J connectivity index is 1.80. The van der Waals surface area contributed by atoms with Gasteiger partial charge in [-0.3, -0.25) is 14.8 Å². The van der Waals surface area contributed by atoms with Crippen LogP contribution in [0.5, 0.6) is 11.5 Å². The fraction of sp³-hybridized carbons (Fsp3) is 0.227. The van der Waals surface area contributed by atoms with Crippen molar-refractivity contribution in [3.05, 3.63) is 64.3 Å². The number of carbonyl (C=O) groups excluding carboxylic acids is 1. The Hall–Kier alpha value is -2.77. The van der Waals surface area contributed by atoms with Gasteiger partial charge in [-0.15, -0.1) is 0 Å². The smallest absolute Gasteiger partial charge is 0.187 e. The Morgan fingerprint density at radius 1 is 1.14 bits per heavy atom. The van der Waals surface area contributed by atoms with Crippen LogP contribution in [-0.4, -0.2) is 44.9 Å². The maximum Gasteiger partial charge on any atom is 0.187 e. The minimum atomic E-state index is -0.714. The molecular formula is C22H21BrN2O4. The highest BCUT2D eigenvalue weighted by Crippen LogP contribution is 2.35. The summed E-state index contributed by atoms with van der Waals surface area (Å²) >= 11 is 3.43. The molecule has 6 nitrogen and oxygen atoms in total. The fourth-order valence-corrected chi connectivity index (χ4v) is 3.63. The average molecular weight is 457 g/mol. The Kier molecular flexibility index (Phi) is 6.95. The minimum Gasteiger partial charge on any atom is -0.495 e. The van der Waals surface area contributed by atoms with Gasteiger partial charge < -0.3 is 14.2 Å². The first-order valence-corrected chi connectivity index (χ1v) is 9.68. The number of hydrogen-bond acceptors (Lipinski definition) is 6. The number of benzene rings is 2. The molecule has 3 rings (SSSR count). The van der Waals surface area contributed by atoms with Crippen LogP contribution in [-0.2, 0) is 9.53 Å². The predicted octanol–water partition coefficient (Wildman–Crippen LogP) is 4.39. The Morgan fingerprint density at radius 2 is 1.86 bits per heavy atom. The molecule has 0 saturated heterocycles. The Morgan fingerprint density at radius 3 is 2.52 bits per heavy atom. The van der Waals surface area contributed by atoms with Gasteiger partial charge in [0, 0.05) is 24.9 Å². The van der Waals surface area contributed by atoms with Crippen LogP contribution in [0, 0.1) is 0 Å². The van der Waals surface area contributed by atoms with Crippen molar-refractivity contribution in [2.75, 3.05) is 27.9 Å². The van der Waals surface area contributed by atoms with E-state index in [0.717, 1.165) is 26.5 Å². The normalized spacial score (nSPS) is 12.3. The van der Waals surface area contributed by atoms with Crippen LogP contribution in [0.25, 0.3) is 10.9 Å². The van der Waals surface area contributed by atoms with Gasteiger partial charge in [-0.05, 0) is 51.3 Å². The molecular weight excluding hydrogens is 436 g/mol.